The van der Waals surface area contributed by atoms with Crippen molar-refractivity contribution in [1.29, 1.82) is 0 Å². The van der Waals surface area contributed by atoms with Crippen LogP contribution in [0.3, 0.4) is 0 Å². The number of halogens is 2. The molecule has 1 heterocycles. The van der Waals surface area contributed by atoms with Crippen LogP contribution in [-0.2, 0) is 4.79 Å². The number of aliphatic hydroxyl groups excluding tert-OH is 2. The number of carbonyl (C=O) groups excluding carboxylic acids is 1. The fourth-order valence-electron chi connectivity index (χ4n) is 2.20. The second-order valence-corrected chi connectivity index (χ2v) is 5.87. The maximum Gasteiger partial charge on any atom is 0.225 e. The van der Waals surface area contributed by atoms with Gasteiger partial charge in [0.1, 0.15) is 0 Å². The number of carbonyl (C=O) groups is 1. The third-order valence-corrected chi connectivity index (χ3v) is 3.91. The highest BCUT2D eigenvalue weighted by atomic mass is 35.5. The predicted octanol–water partition coefficient (Wildman–Crippen LogP) is 0.942. The number of nitrogen functional groups attached to an aromatic ring is 1. The Kier molecular flexibility index (Phi) is 5.29. The molecule has 0 spiro atoms. The quantitative estimate of drug-likeness (QED) is 0.615. The molecular weight excluding hydrogens is 317 g/mol. The van der Waals surface area contributed by atoms with Crippen molar-refractivity contribution in [3.63, 3.8) is 0 Å². The molecule has 0 radical (unpaired) electrons. The molecule has 1 amide bonds. The fourth-order valence-corrected chi connectivity index (χ4v) is 2.80. The van der Waals surface area contributed by atoms with Gasteiger partial charge in [0.15, 0.2) is 0 Å². The summed E-state index contributed by atoms with van der Waals surface area (Å²) >= 11 is 12.0. The molecule has 2 atom stereocenters. The van der Waals surface area contributed by atoms with Gasteiger partial charge < -0.3 is 21.3 Å². The van der Waals surface area contributed by atoms with Crippen molar-refractivity contribution in [3.8, 4) is 0 Å². The molecule has 1 saturated heterocycles. The van der Waals surface area contributed by atoms with E-state index in [0.717, 1.165) is 0 Å². The average Bonchev–Trinajstić information content (AvgIpc) is 2.71. The maximum atomic E-state index is 11.9. The van der Waals surface area contributed by atoms with E-state index in [0.29, 0.717) is 31.0 Å². The van der Waals surface area contributed by atoms with E-state index in [1.165, 1.54) is 12.1 Å². The normalized spacial score (nSPS) is 22.5. The lowest BCUT2D eigenvalue weighted by Gasteiger charge is -2.15. The van der Waals surface area contributed by atoms with E-state index in [1.54, 1.807) is 0 Å². The molecular formula is C13H17Cl2N3O3. The minimum Gasteiger partial charge on any atom is -0.399 e. The van der Waals surface area contributed by atoms with Crippen molar-refractivity contribution in [2.75, 3.05) is 30.7 Å². The number of amides is 1. The molecule has 0 aliphatic carbocycles. The van der Waals surface area contributed by atoms with Crippen molar-refractivity contribution in [3.05, 3.63) is 22.2 Å². The van der Waals surface area contributed by atoms with Crippen LogP contribution < -0.4 is 11.1 Å². The van der Waals surface area contributed by atoms with Crippen molar-refractivity contribution in [2.24, 2.45) is 0 Å². The van der Waals surface area contributed by atoms with Gasteiger partial charge in [0.2, 0.25) is 5.91 Å². The van der Waals surface area contributed by atoms with Gasteiger partial charge in [0.25, 0.3) is 0 Å². The van der Waals surface area contributed by atoms with Crippen LogP contribution in [-0.4, -0.2) is 52.9 Å². The number of likely N-dealkylation sites (tertiary alicyclic amines) is 1. The van der Waals surface area contributed by atoms with Crippen LogP contribution in [0, 0.1) is 0 Å². The first-order chi connectivity index (χ1) is 9.86. The minimum atomic E-state index is -0.756. The van der Waals surface area contributed by atoms with E-state index in [4.69, 9.17) is 28.9 Å². The Bertz CT molecular complexity index is 508. The van der Waals surface area contributed by atoms with Gasteiger partial charge in [-0.05, 0) is 12.1 Å². The summed E-state index contributed by atoms with van der Waals surface area (Å²) in [5, 5.41) is 22.1. The summed E-state index contributed by atoms with van der Waals surface area (Å²) < 4.78 is 0. The highest BCUT2D eigenvalue weighted by Gasteiger charge is 2.29. The zero-order valence-electron chi connectivity index (χ0n) is 11.2. The number of hydrogen-bond acceptors (Lipinski definition) is 5. The van der Waals surface area contributed by atoms with Crippen LogP contribution in [0.1, 0.15) is 6.42 Å². The second-order valence-electron chi connectivity index (χ2n) is 5.05. The molecule has 1 aromatic rings. The molecule has 1 aliphatic rings. The summed E-state index contributed by atoms with van der Waals surface area (Å²) in [7, 11) is 0. The lowest BCUT2D eigenvalue weighted by atomic mass is 10.2. The standard InChI is InChI=1S/C13H17Cl2N3O3/c14-8-3-7(16)4-9(15)13(8)17-12(21)1-2-18-5-10(19)11(20)6-18/h3-4,10-11,19-20H,1-2,5-6,16H2,(H,17,21). The SMILES string of the molecule is Nc1cc(Cl)c(NC(=O)CCN2CC(O)C(O)C2)c(Cl)c1. The van der Waals surface area contributed by atoms with Crippen molar-refractivity contribution >= 4 is 40.5 Å². The number of aliphatic hydroxyl groups is 2. The number of benzene rings is 1. The number of nitrogens with two attached hydrogens (primary N) is 1. The summed E-state index contributed by atoms with van der Waals surface area (Å²) in [4.78, 5) is 13.7. The summed E-state index contributed by atoms with van der Waals surface area (Å²) in [5.41, 5.74) is 6.34. The summed E-state index contributed by atoms with van der Waals surface area (Å²) in [6, 6.07) is 3.02. The number of nitrogens with one attached hydrogen (secondary N) is 1. The number of β-amino-alcohol motifs (C(OH)–C–C–N with tert-alkyl or cyclic N) is 2. The fraction of sp³-hybridized carbons (Fsp3) is 0.462. The molecule has 21 heavy (non-hydrogen) atoms. The monoisotopic (exact) mass is 333 g/mol. The Morgan fingerprint density at radius 2 is 1.81 bits per heavy atom. The minimum absolute atomic E-state index is 0.205. The molecule has 116 valence electrons. The molecule has 1 aromatic carbocycles. The Balaban J connectivity index is 1.88. The molecule has 1 aliphatic heterocycles. The summed E-state index contributed by atoms with van der Waals surface area (Å²) in [6.07, 6.45) is -1.31. The first-order valence-corrected chi connectivity index (χ1v) is 7.25. The molecule has 2 rings (SSSR count). The topological polar surface area (TPSA) is 98.8 Å². The Labute approximate surface area is 132 Å². The van der Waals surface area contributed by atoms with Crippen LogP contribution >= 0.6 is 23.2 Å². The van der Waals surface area contributed by atoms with Gasteiger partial charge in [-0.25, -0.2) is 0 Å². The average molecular weight is 334 g/mol. The zero-order valence-corrected chi connectivity index (χ0v) is 12.7. The second kappa shape index (κ2) is 6.81. The predicted molar refractivity (Wildman–Crippen MR) is 82.6 cm³/mol. The van der Waals surface area contributed by atoms with Gasteiger partial charge in [0, 0.05) is 31.7 Å². The maximum absolute atomic E-state index is 11.9. The van der Waals surface area contributed by atoms with Gasteiger partial charge in [-0.3, -0.25) is 9.69 Å². The summed E-state index contributed by atoms with van der Waals surface area (Å²) in [5.74, 6) is -0.251. The third-order valence-electron chi connectivity index (χ3n) is 3.32. The smallest absolute Gasteiger partial charge is 0.225 e. The van der Waals surface area contributed by atoms with Crippen molar-refractivity contribution in [1.82, 2.24) is 4.90 Å². The van der Waals surface area contributed by atoms with Gasteiger partial charge in [-0.1, -0.05) is 23.2 Å². The molecule has 0 aromatic heterocycles. The van der Waals surface area contributed by atoms with Gasteiger partial charge >= 0.3 is 0 Å². The molecule has 0 saturated carbocycles. The van der Waals surface area contributed by atoms with Gasteiger partial charge in [0.05, 0.1) is 27.9 Å². The van der Waals surface area contributed by atoms with E-state index >= 15 is 0 Å². The van der Waals surface area contributed by atoms with Crippen LogP contribution in [0.5, 0.6) is 0 Å². The van der Waals surface area contributed by atoms with Crippen LogP contribution in [0.2, 0.25) is 10.0 Å². The molecule has 2 unspecified atom stereocenters. The molecule has 0 bridgehead atoms. The number of nitrogens with zero attached hydrogens (tertiary/aromatic N) is 1. The number of hydrogen-bond donors (Lipinski definition) is 4. The van der Waals surface area contributed by atoms with E-state index in [2.05, 4.69) is 5.32 Å². The Morgan fingerprint density at radius 3 is 2.33 bits per heavy atom. The van der Waals surface area contributed by atoms with E-state index in [1.807, 2.05) is 4.90 Å². The molecule has 5 N–H and O–H groups in total. The number of anilines is 2. The summed E-state index contributed by atoms with van der Waals surface area (Å²) in [6.45, 7) is 1.15. The Morgan fingerprint density at radius 1 is 1.29 bits per heavy atom. The van der Waals surface area contributed by atoms with Gasteiger partial charge in [-0.2, -0.15) is 0 Å². The van der Waals surface area contributed by atoms with Crippen LogP contribution in [0.4, 0.5) is 11.4 Å². The Hall–Kier alpha value is -1.05. The highest BCUT2D eigenvalue weighted by molar-refractivity contribution is 6.40. The lowest BCUT2D eigenvalue weighted by molar-refractivity contribution is -0.116. The largest absolute Gasteiger partial charge is 0.399 e. The number of rotatable bonds is 4. The van der Waals surface area contributed by atoms with Gasteiger partial charge in [-0.15, -0.1) is 0 Å². The van der Waals surface area contributed by atoms with Crippen LogP contribution in [0.15, 0.2) is 12.1 Å². The molecule has 8 heteroatoms. The lowest BCUT2D eigenvalue weighted by Crippen LogP contribution is -2.27. The zero-order chi connectivity index (χ0) is 15.6. The van der Waals surface area contributed by atoms with E-state index in [9.17, 15) is 15.0 Å². The van der Waals surface area contributed by atoms with E-state index < -0.39 is 12.2 Å². The van der Waals surface area contributed by atoms with Crippen molar-refractivity contribution < 1.29 is 15.0 Å². The highest BCUT2D eigenvalue weighted by Crippen LogP contribution is 2.32. The molecule has 1 fully saturated rings. The molecule has 6 nitrogen and oxygen atoms in total. The van der Waals surface area contributed by atoms with E-state index in [-0.39, 0.29) is 22.4 Å². The third kappa shape index (κ3) is 4.21. The van der Waals surface area contributed by atoms with Crippen LogP contribution in [0.25, 0.3) is 0 Å². The first kappa shape index (κ1) is 16.3. The first-order valence-electron chi connectivity index (χ1n) is 6.49. The van der Waals surface area contributed by atoms with Crippen molar-refractivity contribution in [2.45, 2.75) is 18.6 Å².